The molecule has 0 bridgehead atoms. The summed E-state index contributed by atoms with van der Waals surface area (Å²) in [4.78, 5) is 12.3. The predicted octanol–water partition coefficient (Wildman–Crippen LogP) is 1.84. The van der Waals surface area contributed by atoms with Gasteiger partial charge in [0, 0.05) is 13.5 Å². The van der Waals surface area contributed by atoms with Gasteiger partial charge in [0.2, 0.25) is 0 Å². The monoisotopic (exact) mass is 386 g/mol. The highest BCUT2D eigenvalue weighted by Crippen LogP contribution is 2.41. The zero-order valence-electron chi connectivity index (χ0n) is 13.8. The molecule has 0 spiro atoms. The number of carbonyl (C=O) groups is 1. The number of allylic oxidation sites excluding steroid dienone is 2. The van der Waals surface area contributed by atoms with Crippen LogP contribution in [0.3, 0.4) is 0 Å². The lowest BCUT2D eigenvalue weighted by Crippen LogP contribution is -2.43. The van der Waals surface area contributed by atoms with E-state index in [2.05, 4.69) is 9.28 Å². The highest BCUT2D eigenvalue weighted by atomic mass is 32.2. The van der Waals surface area contributed by atoms with Gasteiger partial charge in [0.25, 0.3) is 0 Å². The molecule has 0 saturated carbocycles. The van der Waals surface area contributed by atoms with Gasteiger partial charge in [-0.3, -0.25) is 9.80 Å². The number of ether oxygens (including phenoxy) is 2. The zero-order valence-corrected chi connectivity index (χ0v) is 14.7. The molecule has 1 atom stereocenters. The first kappa shape index (κ1) is 21.2. The number of esters is 1. The molecule has 0 saturated heterocycles. The number of hydrazine groups is 1. The van der Waals surface area contributed by atoms with Gasteiger partial charge < -0.3 is 19.5 Å². The number of nitrogens with zero attached hydrogens (tertiary/aromatic N) is 2. The Balaban J connectivity index is 2.82. The molecule has 4 N–H and O–H groups in total. The van der Waals surface area contributed by atoms with Crippen molar-refractivity contribution in [3.8, 4) is 0 Å². The van der Waals surface area contributed by atoms with Crippen LogP contribution in [0, 0.1) is 5.41 Å². The fourth-order valence-corrected chi connectivity index (χ4v) is 2.50. The predicted molar refractivity (Wildman–Crippen MR) is 85.3 cm³/mol. The quantitative estimate of drug-likeness (QED) is 0.178. The van der Waals surface area contributed by atoms with Gasteiger partial charge in [-0.05, 0) is 25.8 Å². The van der Waals surface area contributed by atoms with Crippen molar-refractivity contribution in [2.75, 3.05) is 20.3 Å². The van der Waals surface area contributed by atoms with Gasteiger partial charge in [-0.15, -0.1) is 5.10 Å². The van der Waals surface area contributed by atoms with Crippen molar-refractivity contribution in [2.24, 2.45) is 22.2 Å². The second-order valence-electron chi connectivity index (χ2n) is 5.30. The molecule has 0 aromatic rings. The van der Waals surface area contributed by atoms with Crippen LogP contribution in [0.4, 0.5) is 13.2 Å². The first-order valence-corrected chi connectivity index (χ1v) is 8.05. The molecule has 0 heterocycles. The normalized spacial score (nSPS) is 21.4. The van der Waals surface area contributed by atoms with Gasteiger partial charge in [0.1, 0.15) is 17.8 Å². The smallest absolute Gasteiger partial charge is 0.465 e. The summed E-state index contributed by atoms with van der Waals surface area (Å²) in [5.74, 6) is 10.3. The minimum Gasteiger partial charge on any atom is -0.465 e. The Kier molecular flexibility index (Phi) is 7.67. The molecule has 25 heavy (non-hydrogen) atoms. The third-order valence-electron chi connectivity index (χ3n) is 3.41. The molecule has 12 heteroatoms. The number of nitrogens with two attached hydrogens (primary N) is 2. The summed E-state index contributed by atoms with van der Waals surface area (Å²) in [7, 11) is 1.45. The van der Waals surface area contributed by atoms with Crippen molar-refractivity contribution in [1.29, 1.82) is 0 Å². The van der Waals surface area contributed by atoms with Gasteiger partial charge in [0.15, 0.2) is 12.0 Å². The van der Waals surface area contributed by atoms with E-state index in [4.69, 9.17) is 21.2 Å². The molecule has 8 nitrogen and oxygen atoms in total. The third kappa shape index (κ3) is 6.53. The summed E-state index contributed by atoms with van der Waals surface area (Å²) >= 11 is -0.590. The average Bonchev–Trinajstić information content (AvgIpc) is 2.53. The summed E-state index contributed by atoms with van der Waals surface area (Å²) in [6.45, 7) is 1.67. The number of carbonyl (C=O) groups excluding carboxylic acids is 1. The topological polar surface area (TPSA) is 112 Å². The van der Waals surface area contributed by atoms with Crippen molar-refractivity contribution >= 4 is 24.0 Å². The Morgan fingerprint density at radius 3 is 2.60 bits per heavy atom. The first-order valence-electron chi connectivity index (χ1n) is 7.31. The fraction of sp³-hybridized carbons (Fsp3) is 0.692. The van der Waals surface area contributed by atoms with Gasteiger partial charge in [-0.2, -0.15) is 13.2 Å². The number of hydrogen-bond acceptors (Lipinski definition) is 8. The van der Waals surface area contributed by atoms with E-state index in [1.165, 1.54) is 13.1 Å². The molecule has 1 unspecified atom stereocenters. The van der Waals surface area contributed by atoms with Crippen LogP contribution in [0.5, 0.6) is 0 Å². The number of amidine groups is 1. The lowest BCUT2D eigenvalue weighted by atomic mass is 9.77. The molecule has 1 aliphatic rings. The van der Waals surface area contributed by atoms with Crippen molar-refractivity contribution < 1.29 is 31.6 Å². The lowest BCUT2D eigenvalue weighted by Gasteiger charge is -2.33. The van der Waals surface area contributed by atoms with Crippen LogP contribution in [0.25, 0.3) is 0 Å². The molecule has 0 amide bonds. The fourth-order valence-electron chi connectivity index (χ4n) is 2.14. The maximum atomic E-state index is 12.3. The van der Waals surface area contributed by atoms with Gasteiger partial charge in [-0.1, -0.05) is 0 Å². The zero-order chi connectivity index (χ0) is 19.1. The second kappa shape index (κ2) is 9.04. The van der Waals surface area contributed by atoms with Crippen LogP contribution in [0.2, 0.25) is 0 Å². The van der Waals surface area contributed by atoms with Crippen LogP contribution >= 0.6 is 12.0 Å². The molecule has 1 rings (SSSR count). The van der Waals surface area contributed by atoms with Crippen molar-refractivity contribution in [1.82, 2.24) is 5.01 Å². The van der Waals surface area contributed by atoms with E-state index < -0.39 is 28.9 Å². The van der Waals surface area contributed by atoms with Crippen molar-refractivity contribution in [2.45, 2.75) is 31.7 Å². The molecular formula is C13H21F3N4O4S. The molecule has 144 valence electrons. The van der Waals surface area contributed by atoms with Crippen LogP contribution in [0.15, 0.2) is 16.9 Å². The summed E-state index contributed by atoms with van der Waals surface area (Å²) in [6, 6.07) is -0.0951. The van der Waals surface area contributed by atoms with E-state index in [-0.39, 0.29) is 44.3 Å². The van der Waals surface area contributed by atoms with Gasteiger partial charge >= 0.3 is 17.5 Å². The summed E-state index contributed by atoms with van der Waals surface area (Å²) in [5.41, 5.74) is -5.59. The highest BCUT2D eigenvalue weighted by molar-refractivity contribution is 7.95. The van der Waals surface area contributed by atoms with Crippen LogP contribution < -0.4 is 11.7 Å². The Hall–Kier alpha value is -1.82. The largest absolute Gasteiger partial charge is 0.479 e. The van der Waals surface area contributed by atoms with Crippen LogP contribution in [0.1, 0.15) is 26.2 Å². The maximum absolute atomic E-state index is 12.3. The van der Waals surface area contributed by atoms with E-state index in [1.54, 1.807) is 6.92 Å². The van der Waals surface area contributed by atoms with Gasteiger partial charge in [0.05, 0.1) is 6.61 Å². The van der Waals surface area contributed by atoms with E-state index in [9.17, 15) is 18.0 Å². The molecular weight excluding hydrogens is 365 g/mol. The molecule has 0 aromatic heterocycles. The highest BCUT2D eigenvalue weighted by Gasteiger charge is 2.43. The minimum atomic E-state index is -4.50. The molecule has 0 fully saturated rings. The molecule has 0 radical (unpaired) electrons. The number of alkyl halides is 3. The van der Waals surface area contributed by atoms with Crippen molar-refractivity contribution in [3.63, 3.8) is 0 Å². The van der Waals surface area contributed by atoms with E-state index in [0.717, 1.165) is 5.01 Å². The SMILES string of the molecule is CCOC(=O)C1(CO/C(=N/N)N(C)N)CC=C(OSC(F)(F)F)CC1. The van der Waals surface area contributed by atoms with Crippen LogP contribution in [-0.4, -0.2) is 42.8 Å². The third-order valence-corrected chi connectivity index (χ3v) is 3.90. The van der Waals surface area contributed by atoms with E-state index >= 15 is 0 Å². The maximum Gasteiger partial charge on any atom is 0.479 e. The number of hydrazone groups is 1. The second-order valence-corrected chi connectivity index (χ2v) is 6.10. The standard InChI is InChI=1S/C13H21F3N4O4S/c1-3-22-10(21)12(8-23-11(19-17)20(2)18)6-4-9(5-7-12)24-25-13(14,15)16/h4H,3,5-8,17-18H2,1-2H3/b19-11+. The van der Waals surface area contributed by atoms with E-state index in [1.807, 2.05) is 0 Å². The molecule has 1 aliphatic carbocycles. The lowest BCUT2D eigenvalue weighted by molar-refractivity contribution is -0.158. The summed E-state index contributed by atoms with van der Waals surface area (Å²) in [6.07, 6.45) is 1.82. The Morgan fingerprint density at radius 1 is 1.48 bits per heavy atom. The van der Waals surface area contributed by atoms with Crippen LogP contribution in [-0.2, 0) is 18.5 Å². The van der Waals surface area contributed by atoms with Crippen molar-refractivity contribution in [3.05, 3.63) is 11.8 Å². The number of halogens is 3. The van der Waals surface area contributed by atoms with Gasteiger partial charge in [-0.25, -0.2) is 5.84 Å². The van der Waals surface area contributed by atoms with E-state index in [0.29, 0.717) is 0 Å². The minimum absolute atomic E-state index is 0.0890. The molecule has 0 aliphatic heterocycles. The summed E-state index contributed by atoms with van der Waals surface area (Å²) < 4.78 is 51.7. The molecule has 0 aromatic carbocycles. The Labute approximate surface area is 147 Å². The number of hydrogen-bond donors (Lipinski definition) is 2. The Bertz CT molecular complexity index is 528. The first-order chi connectivity index (χ1) is 11.6. The Morgan fingerprint density at radius 2 is 2.16 bits per heavy atom. The number of rotatable bonds is 6. The average molecular weight is 386 g/mol. The summed E-state index contributed by atoms with van der Waals surface area (Å²) in [5, 5.41) is 4.39.